The molecule has 4 rings (SSSR count). The lowest BCUT2D eigenvalue weighted by Crippen LogP contribution is -2.31. The van der Waals surface area contributed by atoms with Gasteiger partial charge in [0.2, 0.25) is 5.88 Å². The molecule has 0 unspecified atom stereocenters. The number of carbonyl (C=O) groups excluding carboxylic acids is 2. The first kappa shape index (κ1) is 23.9. The average molecular weight is 528 g/mol. The Hall–Kier alpha value is -3.26. The number of allylic oxidation sites excluding steroid dienone is 2. The molecule has 1 heterocycles. The maximum atomic E-state index is 13.0. The van der Waals surface area contributed by atoms with E-state index in [1.807, 2.05) is 36.4 Å². The number of nitrogens with two attached hydrogens (primary N) is 1. The molecule has 178 valence electrons. The van der Waals surface area contributed by atoms with E-state index in [9.17, 15) is 9.59 Å². The molecule has 0 fully saturated rings. The minimum atomic E-state index is -0.691. The molecule has 8 heteroatoms. The Morgan fingerprint density at radius 1 is 1.18 bits per heavy atom. The maximum Gasteiger partial charge on any atom is 0.340 e. The topological polar surface area (TPSA) is 97.1 Å². The van der Waals surface area contributed by atoms with Crippen LogP contribution in [-0.2, 0) is 25.7 Å². The Bertz CT molecular complexity index is 1190. The zero-order valence-corrected chi connectivity index (χ0v) is 20.6. The minimum Gasteiger partial charge on any atom is -0.496 e. The summed E-state index contributed by atoms with van der Waals surface area (Å²) in [6.07, 6.45) is 1.66. The molecule has 1 atom stereocenters. The van der Waals surface area contributed by atoms with E-state index < -0.39 is 11.9 Å². The molecule has 0 saturated carbocycles. The first-order valence-electron chi connectivity index (χ1n) is 11.1. The summed E-state index contributed by atoms with van der Waals surface area (Å²) in [6, 6.07) is 13.1. The summed E-state index contributed by atoms with van der Waals surface area (Å²) < 4.78 is 23.4. The van der Waals surface area contributed by atoms with Gasteiger partial charge in [0.25, 0.3) is 0 Å². The van der Waals surface area contributed by atoms with Crippen LogP contribution in [-0.4, -0.2) is 25.5 Å². The Kier molecular flexibility index (Phi) is 7.26. The minimum absolute atomic E-state index is 0.0289. The van der Waals surface area contributed by atoms with Gasteiger partial charge >= 0.3 is 5.97 Å². The molecule has 1 aliphatic heterocycles. The molecule has 1 aliphatic carbocycles. The molecule has 34 heavy (non-hydrogen) atoms. The lowest BCUT2D eigenvalue weighted by atomic mass is 9.77. The Morgan fingerprint density at radius 3 is 2.71 bits per heavy atom. The van der Waals surface area contributed by atoms with Crippen LogP contribution in [0, 0.1) is 0 Å². The second kappa shape index (κ2) is 10.3. The Morgan fingerprint density at radius 2 is 1.97 bits per heavy atom. The molecule has 2 N–H and O–H groups in total. The number of esters is 1. The fourth-order valence-electron chi connectivity index (χ4n) is 4.31. The van der Waals surface area contributed by atoms with Gasteiger partial charge in [-0.3, -0.25) is 4.79 Å². The molecule has 0 aromatic heterocycles. The van der Waals surface area contributed by atoms with E-state index in [0.717, 1.165) is 10.0 Å². The summed E-state index contributed by atoms with van der Waals surface area (Å²) in [5.41, 5.74) is 8.26. The van der Waals surface area contributed by atoms with Crippen LogP contribution < -0.4 is 15.2 Å². The molecule has 0 radical (unpaired) electrons. The number of ether oxygens (including phenoxy) is 4. The summed E-state index contributed by atoms with van der Waals surface area (Å²) in [5.74, 6) is 0.460. The number of carbonyl (C=O) groups is 2. The van der Waals surface area contributed by atoms with Gasteiger partial charge in [-0.15, -0.1) is 0 Å². The highest BCUT2D eigenvalue weighted by molar-refractivity contribution is 9.10. The van der Waals surface area contributed by atoms with E-state index in [-0.39, 0.29) is 30.5 Å². The molecule has 2 aromatic rings. The van der Waals surface area contributed by atoms with Crippen molar-refractivity contribution in [1.29, 1.82) is 0 Å². The van der Waals surface area contributed by atoms with E-state index in [2.05, 4.69) is 15.9 Å². The van der Waals surface area contributed by atoms with Gasteiger partial charge in [0.1, 0.15) is 29.4 Å². The summed E-state index contributed by atoms with van der Waals surface area (Å²) in [5, 5.41) is 0. The first-order chi connectivity index (χ1) is 16.4. The van der Waals surface area contributed by atoms with Gasteiger partial charge in [0.15, 0.2) is 5.78 Å². The quantitative estimate of drug-likeness (QED) is 0.511. The average Bonchev–Trinajstić information content (AvgIpc) is 2.82. The largest absolute Gasteiger partial charge is 0.496 e. The SMILES string of the molecule is CCOC(=O)C1=C(N)OC2=C(C(=O)CCC2)[C@@H]1c1ccc(OC)c(COc2ccccc2Br)c1. The van der Waals surface area contributed by atoms with Gasteiger partial charge < -0.3 is 24.7 Å². The van der Waals surface area contributed by atoms with Crippen molar-refractivity contribution in [2.45, 2.75) is 38.7 Å². The lowest BCUT2D eigenvalue weighted by molar-refractivity contribution is -0.139. The molecular weight excluding hydrogens is 502 g/mol. The highest BCUT2D eigenvalue weighted by Crippen LogP contribution is 2.44. The van der Waals surface area contributed by atoms with Crippen molar-refractivity contribution in [3.05, 3.63) is 80.9 Å². The number of Topliss-reactive ketones (excluding diaryl/α,β-unsaturated/α-hetero) is 1. The molecular formula is C26H26BrNO6. The van der Waals surface area contributed by atoms with Gasteiger partial charge in [0.05, 0.1) is 24.1 Å². The molecule has 0 bridgehead atoms. The van der Waals surface area contributed by atoms with Crippen LogP contribution in [0.25, 0.3) is 0 Å². The molecule has 2 aromatic carbocycles. The van der Waals surface area contributed by atoms with Crippen molar-refractivity contribution in [3.63, 3.8) is 0 Å². The Labute approximate surface area is 206 Å². The van der Waals surface area contributed by atoms with Crippen molar-refractivity contribution >= 4 is 27.7 Å². The van der Waals surface area contributed by atoms with Crippen LogP contribution in [0.1, 0.15) is 43.2 Å². The van der Waals surface area contributed by atoms with Crippen LogP contribution in [0.2, 0.25) is 0 Å². The third-order valence-electron chi connectivity index (χ3n) is 5.84. The summed E-state index contributed by atoms with van der Waals surface area (Å²) in [6.45, 7) is 2.11. The smallest absolute Gasteiger partial charge is 0.340 e. The number of benzene rings is 2. The summed E-state index contributed by atoms with van der Waals surface area (Å²) >= 11 is 3.49. The van der Waals surface area contributed by atoms with Crippen LogP contribution in [0.4, 0.5) is 0 Å². The van der Waals surface area contributed by atoms with Gasteiger partial charge in [-0.25, -0.2) is 4.79 Å². The second-order valence-corrected chi connectivity index (χ2v) is 8.79. The number of rotatable bonds is 7. The van der Waals surface area contributed by atoms with Crippen molar-refractivity contribution < 1.29 is 28.5 Å². The number of halogens is 1. The van der Waals surface area contributed by atoms with Gasteiger partial charge in [-0.2, -0.15) is 0 Å². The fourth-order valence-corrected chi connectivity index (χ4v) is 4.70. The zero-order valence-electron chi connectivity index (χ0n) is 19.1. The standard InChI is InChI=1S/C26H26BrNO6/c1-3-32-26(30)24-22(23-18(29)8-6-10-21(23)34-25(24)28)15-11-12-19(31-2)16(13-15)14-33-20-9-5-4-7-17(20)27/h4-5,7,9,11-13,22H,3,6,8,10,14,28H2,1-2H3/t22-/m0/s1. The van der Waals surface area contributed by atoms with Crippen molar-refractivity contribution in [3.8, 4) is 11.5 Å². The monoisotopic (exact) mass is 527 g/mol. The number of para-hydroxylation sites is 1. The van der Waals surface area contributed by atoms with Crippen molar-refractivity contribution in [1.82, 2.24) is 0 Å². The zero-order chi connectivity index (χ0) is 24.2. The predicted molar refractivity (Wildman–Crippen MR) is 129 cm³/mol. The van der Waals surface area contributed by atoms with Crippen molar-refractivity contribution in [2.75, 3.05) is 13.7 Å². The van der Waals surface area contributed by atoms with E-state index in [1.165, 1.54) is 0 Å². The third kappa shape index (κ3) is 4.68. The van der Waals surface area contributed by atoms with Crippen LogP contribution in [0.5, 0.6) is 11.5 Å². The van der Waals surface area contributed by atoms with Crippen LogP contribution in [0.3, 0.4) is 0 Å². The highest BCUT2D eigenvalue weighted by Gasteiger charge is 2.41. The van der Waals surface area contributed by atoms with E-state index in [1.54, 1.807) is 20.1 Å². The Balaban J connectivity index is 1.77. The van der Waals surface area contributed by atoms with Gasteiger partial charge in [0, 0.05) is 24.0 Å². The number of methoxy groups -OCH3 is 1. The molecule has 0 spiro atoms. The molecule has 0 amide bonds. The highest BCUT2D eigenvalue weighted by atomic mass is 79.9. The normalized spacial score (nSPS) is 17.7. The van der Waals surface area contributed by atoms with Crippen LogP contribution in [0.15, 0.2) is 69.7 Å². The van der Waals surface area contributed by atoms with Gasteiger partial charge in [-0.05, 0) is 59.1 Å². The van der Waals surface area contributed by atoms with E-state index in [0.29, 0.717) is 47.7 Å². The number of ketones is 1. The number of hydrogen-bond donors (Lipinski definition) is 1. The first-order valence-corrected chi connectivity index (χ1v) is 11.9. The fraction of sp³-hybridized carbons (Fsp3) is 0.308. The van der Waals surface area contributed by atoms with Crippen molar-refractivity contribution in [2.24, 2.45) is 5.73 Å². The second-order valence-electron chi connectivity index (χ2n) is 7.94. The molecule has 2 aliphatic rings. The van der Waals surface area contributed by atoms with E-state index >= 15 is 0 Å². The molecule has 0 saturated heterocycles. The third-order valence-corrected chi connectivity index (χ3v) is 6.49. The van der Waals surface area contributed by atoms with Crippen LogP contribution >= 0.6 is 15.9 Å². The summed E-state index contributed by atoms with van der Waals surface area (Å²) in [4.78, 5) is 25.9. The van der Waals surface area contributed by atoms with Gasteiger partial charge in [-0.1, -0.05) is 18.2 Å². The maximum absolute atomic E-state index is 13.0. The molecule has 7 nitrogen and oxygen atoms in total. The predicted octanol–water partition coefficient (Wildman–Crippen LogP) is 4.89. The summed E-state index contributed by atoms with van der Waals surface area (Å²) in [7, 11) is 1.58. The van der Waals surface area contributed by atoms with E-state index in [4.69, 9.17) is 24.7 Å². The number of hydrogen-bond acceptors (Lipinski definition) is 7. The lowest BCUT2D eigenvalue weighted by Gasteiger charge is -2.32.